The predicted octanol–water partition coefficient (Wildman–Crippen LogP) is 2.70. The quantitative estimate of drug-likeness (QED) is 0.539. The summed E-state index contributed by atoms with van der Waals surface area (Å²) in [6, 6.07) is 15.5. The van der Waals surface area contributed by atoms with E-state index in [2.05, 4.69) is 45.3 Å². The van der Waals surface area contributed by atoms with Gasteiger partial charge >= 0.3 is 0 Å². The van der Waals surface area contributed by atoms with Gasteiger partial charge in [0.1, 0.15) is 11.3 Å². The second kappa shape index (κ2) is 7.42. The Kier molecular flexibility index (Phi) is 4.59. The third kappa shape index (κ3) is 3.48. The van der Waals surface area contributed by atoms with Crippen molar-refractivity contribution in [3.63, 3.8) is 0 Å². The zero-order valence-corrected chi connectivity index (χ0v) is 16.8. The van der Waals surface area contributed by atoms with E-state index in [0.717, 1.165) is 29.6 Å². The van der Waals surface area contributed by atoms with E-state index in [0.29, 0.717) is 18.2 Å². The molecule has 5 rings (SSSR count). The number of hydrogen-bond acceptors (Lipinski definition) is 4. The van der Waals surface area contributed by atoms with Crippen LogP contribution < -0.4 is 10.9 Å². The Morgan fingerprint density at radius 2 is 2.13 bits per heavy atom. The monoisotopic (exact) mass is 401 g/mol. The fraction of sp³-hybridized carbons (Fsp3) is 0.261. The highest BCUT2D eigenvalue weighted by atomic mass is 16.2. The van der Waals surface area contributed by atoms with E-state index in [9.17, 15) is 9.59 Å². The summed E-state index contributed by atoms with van der Waals surface area (Å²) in [4.78, 5) is 35.0. The van der Waals surface area contributed by atoms with Gasteiger partial charge < -0.3 is 10.3 Å². The molecule has 0 saturated carbocycles. The molecular weight excluding hydrogens is 378 g/mol. The Labute approximate surface area is 173 Å². The summed E-state index contributed by atoms with van der Waals surface area (Å²) in [7, 11) is 0. The SMILES string of the molecule is CC1CCN1Cc1cc2ccc(CNC(=O)c3cc(=O)n4ccccc4n3)cc2[nH]1. The molecule has 30 heavy (non-hydrogen) atoms. The molecule has 1 fully saturated rings. The molecule has 3 aromatic heterocycles. The fourth-order valence-corrected chi connectivity index (χ4v) is 3.90. The molecule has 152 valence electrons. The number of carbonyl (C=O) groups is 1. The first-order valence-corrected chi connectivity index (χ1v) is 10.2. The summed E-state index contributed by atoms with van der Waals surface area (Å²) in [6.45, 7) is 4.71. The van der Waals surface area contributed by atoms with Gasteiger partial charge in [-0.05, 0) is 48.6 Å². The molecule has 4 aromatic rings. The normalized spacial score (nSPS) is 16.6. The van der Waals surface area contributed by atoms with Crippen LogP contribution in [0, 0.1) is 0 Å². The van der Waals surface area contributed by atoms with Gasteiger partial charge in [0, 0.05) is 49.1 Å². The second-order valence-corrected chi connectivity index (χ2v) is 7.92. The number of nitrogens with zero attached hydrogens (tertiary/aromatic N) is 3. The minimum Gasteiger partial charge on any atom is -0.357 e. The molecule has 1 amide bonds. The van der Waals surface area contributed by atoms with Crippen LogP contribution in [0.5, 0.6) is 0 Å². The van der Waals surface area contributed by atoms with E-state index >= 15 is 0 Å². The first-order valence-electron chi connectivity index (χ1n) is 10.2. The predicted molar refractivity (Wildman–Crippen MR) is 115 cm³/mol. The molecule has 0 radical (unpaired) electrons. The number of H-pyrrole nitrogens is 1. The number of hydrogen-bond donors (Lipinski definition) is 2. The number of carbonyl (C=O) groups excluding carboxylic acids is 1. The number of likely N-dealkylation sites (tertiary alicyclic amines) is 1. The van der Waals surface area contributed by atoms with E-state index in [1.54, 1.807) is 24.4 Å². The Morgan fingerprint density at radius 3 is 2.93 bits per heavy atom. The maximum absolute atomic E-state index is 12.5. The number of benzene rings is 1. The maximum atomic E-state index is 12.5. The van der Waals surface area contributed by atoms with Gasteiger partial charge in [-0.25, -0.2) is 4.98 Å². The third-order valence-corrected chi connectivity index (χ3v) is 5.83. The molecule has 0 aliphatic carbocycles. The highest BCUT2D eigenvalue weighted by Crippen LogP contribution is 2.23. The zero-order valence-electron chi connectivity index (χ0n) is 16.8. The fourth-order valence-electron chi connectivity index (χ4n) is 3.90. The summed E-state index contributed by atoms with van der Waals surface area (Å²) in [5.41, 5.74) is 3.55. The van der Waals surface area contributed by atoms with Gasteiger partial charge in [-0.3, -0.25) is 18.9 Å². The molecule has 7 heteroatoms. The molecule has 7 nitrogen and oxygen atoms in total. The van der Waals surface area contributed by atoms with Gasteiger partial charge in [0.25, 0.3) is 11.5 Å². The molecule has 0 spiro atoms. The molecule has 0 bridgehead atoms. The Balaban J connectivity index is 1.29. The summed E-state index contributed by atoms with van der Waals surface area (Å²) in [5, 5.41) is 4.03. The van der Waals surface area contributed by atoms with E-state index < -0.39 is 0 Å². The Hall–Kier alpha value is -3.45. The highest BCUT2D eigenvalue weighted by Gasteiger charge is 2.23. The van der Waals surface area contributed by atoms with Crippen LogP contribution in [-0.4, -0.2) is 37.8 Å². The van der Waals surface area contributed by atoms with Gasteiger partial charge in [-0.2, -0.15) is 0 Å². The standard InChI is InChI=1S/C23H23N5O2/c1-15-7-9-27(15)14-18-11-17-6-5-16(10-19(17)25-18)13-24-23(30)20-12-22(29)28-8-3-2-4-21(28)26-20/h2-6,8,10-12,15,25H,7,9,13-14H2,1H3,(H,24,30). The molecule has 1 atom stereocenters. The highest BCUT2D eigenvalue weighted by molar-refractivity contribution is 5.92. The number of nitrogens with one attached hydrogen (secondary N) is 2. The minimum atomic E-state index is -0.363. The van der Waals surface area contributed by atoms with Crippen molar-refractivity contribution in [2.75, 3.05) is 6.54 Å². The number of rotatable bonds is 5. The van der Waals surface area contributed by atoms with Crippen molar-refractivity contribution < 1.29 is 4.79 Å². The third-order valence-electron chi connectivity index (χ3n) is 5.83. The summed E-state index contributed by atoms with van der Waals surface area (Å²) in [6.07, 6.45) is 2.90. The summed E-state index contributed by atoms with van der Waals surface area (Å²) >= 11 is 0. The van der Waals surface area contributed by atoms with Crippen LogP contribution in [0.15, 0.2) is 59.5 Å². The van der Waals surface area contributed by atoms with Crippen LogP contribution in [0.2, 0.25) is 0 Å². The largest absolute Gasteiger partial charge is 0.357 e. The van der Waals surface area contributed by atoms with E-state index in [1.807, 2.05) is 6.07 Å². The molecular formula is C23H23N5O2. The van der Waals surface area contributed by atoms with Crippen molar-refractivity contribution in [2.24, 2.45) is 0 Å². The molecule has 2 N–H and O–H groups in total. The summed E-state index contributed by atoms with van der Waals surface area (Å²) in [5.74, 6) is -0.363. The van der Waals surface area contributed by atoms with Crippen LogP contribution >= 0.6 is 0 Å². The number of pyridine rings is 1. The number of fused-ring (bicyclic) bond motifs is 2. The van der Waals surface area contributed by atoms with Crippen molar-refractivity contribution in [1.29, 1.82) is 0 Å². The maximum Gasteiger partial charge on any atom is 0.270 e. The number of aromatic amines is 1. The van der Waals surface area contributed by atoms with Crippen LogP contribution in [0.4, 0.5) is 0 Å². The van der Waals surface area contributed by atoms with Gasteiger partial charge in [-0.1, -0.05) is 18.2 Å². The van der Waals surface area contributed by atoms with Crippen LogP contribution in [0.25, 0.3) is 16.6 Å². The van der Waals surface area contributed by atoms with Gasteiger partial charge in [0.05, 0.1) is 0 Å². The van der Waals surface area contributed by atoms with E-state index in [-0.39, 0.29) is 17.2 Å². The second-order valence-electron chi connectivity index (χ2n) is 7.92. The van der Waals surface area contributed by atoms with E-state index in [1.165, 1.54) is 22.6 Å². The number of aromatic nitrogens is 3. The van der Waals surface area contributed by atoms with Crippen LogP contribution in [-0.2, 0) is 13.1 Å². The summed E-state index contributed by atoms with van der Waals surface area (Å²) < 4.78 is 1.41. The van der Waals surface area contributed by atoms with Crippen molar-refractivity contribution >= 4 is 22.5 Å². The van der Waals surface area contributed by atoms with Crippen molar-refractivity contribution in [2.45, 2.75) is 32.5 Å². The topological polar surface area (TPSA) is 82.5 Å². The Morgan fingerprint density at radius 1 is 1.23 bits per heavy atom. The van der Waals surface area contributed by atoms with Crippen molar-refractivity contribution in [3.05, 3.63) is 82.0 Å². The average molecular weight is 401 g/mol. The van der Waals surface area contributed by atoms with Crippen molar-refractivity contribution in [1.82, 2.24) is 24.6 Å². The molecule has 1 saturated heterocycles. The van der Waals surface area contributed by atoms with Gasteiger partial charge in [0.2, 0.25) is 0 Å². The average Bonchev–Trinajstić information content (AvgIpc) is 3.16. The number of amides is 1. The van der Waals surface area contributed by atoms with Gasteiger partial charge in [0.15, 0.2) is 0 Å². The lowest BCUT2D eigenvalue weighted by atomic mass is 10.1. The zero-order chi connectivity index (χ0) is 20.7. The van der Waals surface area contributed by atoms with E-state index in [4.69, 9.17) is 0 Å². The minimum absolute atomic E-state index is 0.123. The smallest absolute Gasteiger partial charge is 0.270 e. The van der Waals surface area contributed by atoms with Crippen LogP contribution in [0.3, 0.4) is 0 Å². The molecule has 1 aromatic carbocycles. The molecule has 1 aliphatic rings. The molecule has 1 aliphatic heterocycles. The lowest BCUT2D eigenvalue weighted by Gasteiger charge is -2.38. The lowest BCUT2D eigenvalue weighted by Crippen LogP contribution is -2.44. The molecule has 1 unspecified atom stereocenters. The Bertz CT molecular complexity index is 1310. The van der Waals surface area contributed by atoms with Crippen molar-refractivity contribution in [3.8, 4) is 0 Å². The first-order chi connectivity index (χ1) is 14.6. The van der Waals surface area contributed by atoms with Gasteiger partial charge in [-0.15, -0.1) is 0 Å². The molecule has 4 heterocycles. The van der Waals surface area contributed by atoms with Crippen LogP contribution in [0.1, 0.15) is 35.1 Å². The first kappa shape index (κ1) is 18.6. The lowest BCUT2D eigenvalue weighted by molar-refractivity contribution is 0.0945.